The van der Waals surface area contributed by atoms with Crippen molar-refractivity contribution in [3.63, 3.8) is 0 Å². The van der Waals surface area contributed by atoms with Crippen molar-refractivity contribution in [2.45, 2.75) is 37.9 Å². The van der Waals surface area contributed by atoms with Crippen LogP contribution in [0.1, 0.15) is 37.9 Å². The molecule has 0 bridgehead atoms. The zero-order valence-corrected chi connectivity index (χ0v) is 11.4. The number of hydrogen-bond acceptors (Lipinski definition) is 1. The highest BCUT2D eigenvalue weighted by molar-refractivity contribution is 9.09. The van der Waals surface area contributed by atoms with Crippen molar-refractivity contribution < 1.29 is 0 Å². The molecule has 1 atom stereocenters. The first kappa shape index (κ1) is 12.1. The van der Waals surface area contributed by atoms with Gasteiger partial charge in [0, 0.05) is 17.4 Å². The zero-order valence-electron chi connectivity index (χ0n) is 9.01. The Morgan fingerprint density at radius 2 is 2.00 bits per heavy atom. The number of halogens is 2. The van der Waals surface area contributed by atoms with Gasteiger partial charge in [-0.05, 0) is 12.3 Å². The Morgan fingerprint density at radius 3 is 2.43 bits per heavy atom. The van der Waals surface area contributed by atoms with Gasteiger partial charge < -0.3 is 0 Å². The van der Waals surface area contributed by atoms with Gasteiger partial charge in [-0.25, -0.2) is 0 Å². The molecule has 0 aliphatic heterocycles. The Bertz CT molecular complexity index is 318. The molecule has 1 unspecified atom stereocenters. The summed E-state index contributed by atoms with van der Waals surface area (Å²) in [5.41, 5.74) is 2.29. The maximum absolute atomic E-state index is 6.18. The second-order valence-electron chi connectivity index (χ2n) is 3.92. The summed E-state index contributed by atoms with van der Waals surface area (Å²) >= 11 is 9.72. The van der Waals surface area contributed by atoms with Gasteiger partial charge in [-0.2, -0.15) is 5.10 Å². The molecule has 1 heterocycles. The Kier molecular flexibility index (Phi) is 4.02. The summed E-state index contributed by atoms with van der Waals surface area (Å²) < 4.78 is 1.75. The van der Waals surface area contributed by atoms with Gasteiger partial charge in [0.05, 0.1) is 5.69 Å². The van der Waals surface area contributed by atoms with Gasteiger partial charge in [0.15, 0.2) is 0 Å². The molecular weight excluding hydrogens is 263 g/mol. The molecule has 2 nitrogen and oxygen atoms in total. The highest BCUT2D eigenvalue weighted by Gasteiger charge is 2.17. The molecule has 0 spiro atoms. The van der Waals surface area contributed by atoms with E-state index in [0.717, 1.165) is 17.3 Å². The number of alkyl halides is 1. The molecule has 0 aliphatic carbocycles. The Balaban J connectivity index is 3.10. The van der Waals surface area contributed by atoms with E-state index in [1.54, 1.807) is 4.68 Å². The van der Waals surface area contributed by atoms with Crippen LogP contribution in [0.3, 0.4) is 0 Å². The smallest absolute Gasteiger partial charge is 0.130 e. The molecule has 4 heteroatoms. The quantitative estimate of drug-likeness (QED) is 0.774. The van der Waals surface area contributed by atoms with E-state index in [0.29, 0.717) is 10.7 Å². The number of rotatable bonds is 3. The molecule has 0 aliphatic rings. The predicted molar refractivity (Wildman–Crippen MR) is 64.4 cm³/mol. The van der Waals surface area contributed by atoms with Gasteiger partial charge in [-0.15, -0.1) is 0 Å². The van der Waals surface area contributed by atoms with E-state index in [1.807, 2.05) is 7.05 Å². The van der Waals surface area contributed by atoms with Crippen molar-refractivity contribution in [1.82, 2.24) is 9.78 Å². The van der Waals surface area contributed by atoms with Crippen molar-refractivity contribution in [3.05, 3.63) is 16.4 Å². The molecule has 80 valence electrons. The molecule has 0 amide bonds. The summed E-state index contributed by atoms with van der Waals surface area (Å²) in [4.78, 5) is 0.432. The number of hydrogen-bond donors (Lipinski definition) is 0. The Labute approximate surface area is 98.8 Å². The minimum absolute atomic E-state index is 0.426. The monoisotopic (exact) mass is 278 g/mol. The minimum Gasteiger partial charge on any atom is -0.257 e. The third kappa shape index (κ3) is 2.51. The third-order valence-corrected chi connectivity index (χ3v) is 2.93. The summed E-state index contributed by atoms with van der Waals surface area (Å²) in [6.07, 6.45) is 0.931. The van der Waals surface area contributed by atoms with Crippen LogP contribution in [0.15, 0.2) is 0 Å². The van der Waals surface area contributed by atoms with Crippen molar-refractivity contribution >= 4 is 27.5 Å². The topological polar surface area (TPSA) is 17.8 Å². The highest BCUT2D eigenvalue weighted by Crippen LogP contribution is 2.27. The summed E-state index contributed by atoms with van der Waals surface area (Å²) in [5.74, 6) is 0.426. The van der Waals surface area contributed by atoms with E-state index in [-0.39, 0.29) is 0 Å². The molecule has 0 saturated heterocycles. The van der Waals surface area contributed by atoms with E-state index in [9.17, 15) is 0 Å². The van der Waals surface area contributed by atoms with E-state index < -0.39 is 0 Å². The lowest BCUT2D eigenvalue weighted by molar-refractivity contribution is 0.711. The lowest BCUT2D eigenvalue weighted by atomic mass is 10.0. The normalized spacial score (nSPS) is 13.6. The average molecular weight is 280 g/mol. The fraction of sp³-hybridized carbons (Fsp3) is 0.700. The van der Waals surface area contributed by atoms with Gasteiger partial charge in [0.25, 0.3) is 0 Å². The Morgan fingerprint density at radius 1 is 1.43 bits per heavy atom. The Hall–Kier alpha value is -0.0200. The second kappa shape index (κ2) is 4.67. The van der Waals surface area contributed by atoms with Crippen LogP contribution in [0, 0.1) is 0 Å². The van der Waals surface area contributed by atoms with Gasteiger partial charge in [0.1, 0.15) is 5.15 Å². The lowest BCUT2D eigenvalue weighted by Crippen LogP contribution is -2.01. The molecular formula is C10H16BrClN2. The summed E-state index contributed by atoms with van der Waals surface area (Å²) in [5, 5.41) is 5.19. The van der Waals surface area contributed by atoms with Crippen molar-refractivity contribution in [2.75, 3.05) is 0 Å². The molecule has 0 aromatic carbocycles. The average Bonchev–Trinajstić information content (AvgIpc) is 2.32. The standard InChI is InChI=1S/C10H16BrClN2/c1-6(2)9-8(5-7(3)11)10(12)14(4)13-9/h6-7H,5H2,1-4H3. The van der Waals surface area contributed by atoms with Gasteiger partial charge in [-0.1, -0.05) is 48.3 Å². The van der Waals surface area contributed by atoms with Crippen molar-refractivity contribution in [2.24, 2.45) is 7.05 Å². The van der Waals surface area contributed by atoms with Crippen LogP contribution in [-0.2, 0) is 13.5 Å². The fourth-order valence-electron chi connectivity index (χ4n) is 1.50. The molecule has 1 rings (SSSR count). The van der Waals surface area contributed by atoms with E-state index in [2.05, 4.69) is 41.8 Å². The molecule has 1 aromatic rings. The van der Waals surface area contributed by atoms with Crippen molar-refractivity contribution in [1.29, 1.82) is 0 Å². The third-order valence-electron chi connectivity index (χ3n) is 2.13. The molecule has 0 radical (unpaired) electrons. The van der Waals surface area contributed by atoms with Crippen molar-refractivity contribution in [3.8, 4) is 0 Å². The first-order valence-corrected chi connectivity index (χ1v) is 6.08. The van der Waals surface area contributed by atoms with E-state index in [4.69, 9.17) is 11.6 Å². The SMILES string of the molecule is CC(Br)Cc1c(C(C)C)nn(C)c1Cl. The summed E-state index contributed by atoms with van der Waals surface area (Å²) in [7, 11) is 1.89. The summed E-state index contributed by atoms with van der Waals surface area (Å²) in [6.45, 7) is 6.40. The predicted octanol–water partition coefficient (Wildman–Crippen LogP) is 3.52. The molecule has 0 N–H and O–H groups in total. The van der Waals surface area contributed by atoms with Crippen LogP contribution >= 0.6 is 27.5 Å². The number of aryl methyl sites for hydroxylation is 1. The number of nitrogens with zero attached hydrogens (tertiary/aromatic N) is 2. The molecule has 0 fully saturated rings. The van der Waals surface area contributed by atoms with Crippen LogP contribution in [0.2, 0.25) is 5.15 Å². The van der Waals surface area contributed by atoms with Crippen LogP contribution in [-0.4, -0.2) is 14.6 Å². The van der Waals surface area contributed by atoms with Crippen LogP contribution in [0.4, 0.5) is 0 Å². The van der Waals surface area contributed by atoms with E-state index >= 15 is 0 Å². The highest BCUT2D eigenvalue weighted by atomic mass is 79.9. The van der Waals surface area contributed by atoms with Crippen LogP contribution in [0.5, 0.6) is 0 Å². The van der Waals surface area contributed by atoms with E-state index in [1.165, 1.54) is 5.56 Å². The second-order valence-corrected chi connectivity index (χ2v) is 5.84. The molecule has 0 saturated carbocycles. The fourth-order valence-corrected chi connectivity index (χ4v) is 2.04. The maximum Gasteiger partial charge on any atom is 0.130 e. The minimum atomic E-state index is 0.426. The van der Waals surface area contributed by atoms with Crippen LogP contribution < -0.4 is 0 Å². The molecule has 14 heavy (non-hydrogen) atoms. The molecule has 1 aromatic heterocycles. The van der Waals surface area contributed by atoms with Gasteiger partial charge in [-0.3, -0.25) is 4.68 Å². The van der Waals surface area contributed by atoms with Gasteiger partial charge in [0.2, 0.25) is 0 Å². The largest absolute Gasteiger partial charge is 0.257 e. The van der Waals surface area contributed by atoms with Gasteiger partial charge >= 0.3 is 0 Å². The zero-order chi connectivity index (χ0) is 10.9. The summed E-state index contributed by atoms with van der Waals surface area (Å²) in [6, 6.07) is 0. The maximum atomic E-state index is 6.18. The van der Waals surface area contributed by atoms with Crippen LogP contribution in [0.25, 0.3) is 0 Å². The first-order chi connectivity index (χ1) is 6.43. The lowest BCUT2D eigenvalue weighted by Gasteiger charge is -2.06. The number of aromatic nitrogens is 2. The first-order valence-electron chi connectivity index (χ1n) is 4.78.